The van der Waals surface area contributed by atoms with Gasteiger partial charge < -0.3 is 5.73 Å². The molecule has 160 valence electrons. The van der Waals surface area contributed by atoms with Gasteiger partial charge in [0.2, 0.25) is 0 Å². The predicted octanol–water partition coefficient (Wildman–Crippen LogP) is 7.50. The highest BCUT2D eigenvalue weighted by Crippen LogP contribution is 2.47. The van der Waals surface area contributed by atoms with Crippen LogP contribution in [0.25, 0.3) is 16.7 Å². The molecular formula is C28H18Br2N2O. The maximum atomic E-state index is 12.2. The normalized spacial score (nSPS) is 12.3. The predicted molar refractivity (Wildman–Crippen MR) is 142 cm³/mol. The molecule has 3 nitrogen and oxygen atoms in total. The molecule has 4 aromatic carbocycles. The van der Waals surface area contributed by atoms with Crippen molar-refractivity contribution < 1.29 is 4.79 Å². The Morgan fingerprint density at radius 3 is 1.85 bits per heavy atom. The lowest BCUT2D eigenvalue weighted by Gasteiger charge is -2.13. The maximum absolute atomic E-state index is 12.2. The van der Waals surface area contributed by atoms with Crippen LogP contribution in [-0.2, 0) is 0 Å². The number of primary amides is 1. The van der Waals surface area contributed by atoms with E-state index in [-0.39, 0.29) is 0 Å². The van der Waals surface area contributed by atoms with Gasteiger partial charge in [0.15, 0.2) is 0 Å². The van der Waals surface area contributed by atoms with E-state index in [2.05, 4.69) is 68.3 Å². The van der Waals surface area contributed by atoms with Gasteiger partial charge in [-0.15, -0.1) is 0 Å². The molecule has 0 spiro atoms. The smallest absolute Gasteiger partial charge is 0.250 e. The van der Waals surface area contributed by atoms with Crippen LogP contribution in [-0.4, -0.2) is 11.6 Å². The molecule has 4 aromatic rings. The van der Waals surface area contributed by atoms with Crippen molar-refractivity contribution in [2.24, 2.45) is 10.7 Å². The minimum atomic E-state index is -0.525. The van der Waals surface area contributed by atoms with Crippen LogP contribution >= 0.6 is 31.9 Å². The molecule has 5 heteroatoms. The summed E-state index contributed by atoms with van der Waals surface area (Å²) in [5, 5.41) is 0. The number of allylic oxidation sites excluding steroid dienone is 1. The second-order valence-corrected chi connectivity index (χ2v) is 9.34. The lowest BCUT2D eigenvalue weighted by molar-refractivity contribution is 0.100. The minimum absolute atomic E-state index is 0.357. The first-order chi connectivity index (χ1) is 16.0. The summed E-state index contributed by atoms with van der Waals surface area (Å²) in [4.78, 5) is 17.1. The molecule has 0 bridgehead atoms. The summed E-state index contributed by atoms with van der Waals surface area (Å²) in [6.07, 6.45) is 0. The number of fused-ring (bicyclic) bond motifs is 3. The van der Waals surface area contributed by atoms with Crippen molar-refractivity contribution in [3.63, 3.8) is 0 Å². The van der Waals surface area contributed by atoms with Gasteiger partial charge in [0.05, 0.1) is 21.4 Å². The second kappa shape index (κ2) is 8.93. The van der Waals surface area contributed by atoms with E-state index < -0.39 is 5.91 Å². The number of carbonyl (C=O) groups is 1. The van der Waals surface area contributed by atoms with Crippen LogP contribution in [0.2, 0.25) is 0 Å². The summed E-state index contributed by atoms with van der Waals surface area (Å²) in [5.74, 6) is -0.525. The topological polar surface area (TPSA) is 55.5 Å². The summed E-state index contributed by atoms with van der Waals surface area (Å²) in [6, 6.07) is 32.0. The van der Waals surface area contributed by atoms with Crippen LogP contribution in [0, 0.1) is 0 Å². The van der Waals surface area contributed by atoms with Crippen molar-refractivity contribution in [3.05, 3.63) is 128 Å². The fraction of sp³-hybridized carbons (Fsp3) is 0. The van der Waals surface area contributed by atoms with Crippen molar-refractivity contribution in [1.29, 1.82) is 0 Å². The van der Waals surface area contributed by atoms with Crippen LogP contribution < -0.4 is 5.73 Å². The molecule has 0 radical (unpaired) electrons. The van der Waals surface area contributed by atoms with Gasteiger partial charge in [0, 0.05) is 15.6 Å². The fourth-order valence-corrected chi connectivity index (χ4v) is 5.24. The van der Waals surface area contributed by atoms with Crippen molar-refractivity contribution in [2.75, 3.05) is 0 Å². The first-order valence-corrected chi connectivity index (χ1v) is 12.0. The molecule has 0 fully saturated rings. The number of nitrogens with two attached hydrogens (primary N) is 1. The van der Waals surface area contributed by atoms with Crippen molar-refractivity contribution >= 4 is 54.7 Å². The number of aliphatic imine (C=N–C) groups is 1. The van der Waals surface area contributed by atoms with Crippen LogP contribution in [0.3, 0.4) is 0 Å². The number of rotatable bonds is 4. The van der Waals surface area contributed by atoms with E-state index >= 15 is 0 Å². The van der Waals surface area contributed by atoms with E-state index in [0.717, 1.165) is 36.9 Å². The highest BCUT2D eigenvalue weighted by Gasteiger charge is 2.27. The number of amides is 1. The molecule has 0 aromatic heterocycles. The Bertz CT molecular complexity index is 1410. The molecule has 1 amide bonds. The Morgan fingerprint density at radius 1 is 0.727 bits per heavy atom. The molecule has 0 unspecified atom stereocenters. The van der Waals surface area contributed by atoms with E-state index in [0.29, 0.717) is 11.3 Å². The van der Waals surface area contributed by atoms with Crippen LogP contribution in [0.5, 0.6) is 0 Å². The van der Waals surface area contributed by atoms with Gasteiger partial charge in [-0.2, -0.15) is 0 Å². The molecule has 33 heavy (non-hydrogen) atoms. The van der Waals surface area contributed by atoms with E-state index in [1.54, 1.807) is 12.1 Å². The number of nitrogens with zero attached hydrogens (tertiary/aromatic N) is 1. The lowest BCUT2D eigenvalue weighted by atomic mass is 9.99. The van der Waals surface area contributed by atoms with Crippen LogP contribution in [0.4, 0.5) is 5.69 Å². The third kappa shape index (κ3) is 3.99. The summed E-state index contributed by atoms with van der Waals surface area (Å²) < 4.78 is 1.62. The average Bonchev–Trinajstić information content (AvgIpc) is 3.18. The van der Waals surface area contributed by atoms with E-state index in [1.807, 2.05) is 48.5 Å². The Kier molecular flexibility index (Phi) is 5.83. The molecule has 2 N–H and O–H groups in total. The Balaban J connectivity index is 1.81. The van der Waals surface area contributed by atoms with E-state index in [9.17, 15) is 4.79 Å². The quantitative estimate of drug-likeness (QED) is 0.228. The van der Waals surface area contributed by atoms with E-state index in [1.165, 1.54) is 11.1 Å². The average molecular weight is 558 g/mol. The SMILES string of the molecule is NC(=O)c1cc(Br)ccc1N=C(C(Br)=C1c2ccccc2-c2ccccc21)c1ccccc1. The summed E-state index contributed by atoms with van der Waals surface area (Å²) >= 11 is 7.32. The van der Waals surface area contributed by atoms with Gasteiger partial charge in [-0.25, -0.2) is 4.99 Å². The second-order valence-electron chi connectivity index (χ2n) is 7.63. The lowest BCUT2D eigenvalue weighted by Crippen LogP contribution is -2.12. The first-order valence-electron chi connectivity index (χ1n) is 10.4. The Morgan fingerprint density at radius 2 is 1.27 bits per heavy atom. The molecule has 0 saturated carbocycles. The monoisotopic (exact) mass is 556 g/mol. The van der Waals surface area contributed by atoms with Gasteiger partial charge >= 0.3 is 0 Å². The van der Waals surface area contributed by atoms with E-state index in [4.69, 9.17) is 10.7 Å². The summed E-state index contributed by atoms with van der Waals surface area (Å²) in [5.41, 5.74) is 13.9. The highest BCUT2D eigenvalue weighted by molar-refractivity contribution is 9.12. The maximum Gasteiger partial charge on any atom is 0.250 e. The van der Waals surface area contributed by atoms with Crippen LogP contribution in [0.1, 0.15) is 27.0 Å². The number of hydrogen-bond acceptors (Lipinski definition) is 2. The molecule has 1 aliphatic rings. The van der Waals surface area contributed by atoms with Crippen molar-refractivity contribution in [3.8, 4) is 11.1 Å². The zero-order valence-electron chi connectivity index (χ0n) is 17.4. The number of hydrogen-bond donors (Lipinski definition) is 1. The molecule has 0 atom stereocenters. The third-order valence-electron chi connectivity index (χ3n) is 5.61. The largest absolute Gasteiger partial charge is 0.366 e. The molecule has 0 heterocycles. The molecule has 1 aliphatic carbocycles. The Hall–Kier alpha value is -3.28. The van der Waals surface area contributed by atoms with Crippen LogP contribution in [0.15, 0.2) is 111 Å². The standard InChI is InChI=1S/C28H18Br2N2O/c29-18-14-15-24(23(16-18)28(31)33)32-27(17-8-2-1-3-9-17)26(30)25-21-12-6-4-10-19(21)20-11-5-7-13-22(20)25/h1-16H,(H2,31,33). The minimum Gasteiger partial charge on any atom is -0.366 e. The van der Waals surface area contributed by atoms with Gasteiger partial charge in [-0.3, -0.25) is 4.79 Å². The highest BCUT2D eigenvalue weighted by atomic mass is 79.9. The fourth-order valence-electron chi connectivity index (χ4n) is 4.13. The number of carbonyl (C=O) groups excluding carboxylic acids is 1. The number of benzene rings is 4. The molecule has 0 saturated heterocycles. The van der Waals surface area contributed by atoms with Crippen molar-refractivity contribution in [1.82, 2.24) is 0 Å². The van der Waals surface area contributed by atoms with Gasteiger partial charge in [-0.1, -0.05) is 94.8 Å². The molecular weight excluding hydrogens is 540 g/mol. The molecule has 0 aliphatic heterocycles. The summed E-state index contributed by atoms with van der Waals surface area (Å²) in [7, 11) is 0. The first kappa shape index (κ1) is 21.6. The summed E-state index contributed by atoms with van der Waals surface area (Å²) in [6.45, 7) is 0. The van der Waals surface area contributed by atoms with Gasteiger partial charge in [0.25, 0.3) is 5.91 Å². The van der Waals surface area contributed by atoms with Gasteiger partial charge in [0.1, 0.15) is 0 Å². The zero-order valence-corrected chi connectivity index (χ0v) is 20.6. The van der Waals surface area contributed by atoms with Gasteiger partial charge in [-0.05, 0) is 56.4 Å². The molecule has 5 rings (SSSR count). The Labute approximate surface area is 208 Å². The number of halogens is 2. The zero-order chi connectivity index (χ0) is 22.9. The van der Waals surface area contributed by atoms with Crippen molar-refractivity contribution in [2.45, 2.75) is 0 Å². The third-order valence-corrected chi connectivity index (χ3v) is 6.88.